The zero-order valence-electron chi connectivity index (χ0n) is 16.6. The molecule has 0 aliphatic carbocycles. The fraction of sp³-hybridized carbons (Fsp3) is 0.611. The first-order chi connectivity index (χ1) is 13.2. The minimum atomic E-state index is -3.67. The molecule has 1 unspecified atom stereocenters. The number of pyridine rings is 1. The first kappa shape index (κ1) is 23.5. The van der Waals surface area contributed by atoms with Crippen LogP contribution in [0.5, 0.6) is 0 Å². The average molecular weight is 403 g/mol. The fourth-order valence-corrected chi connectivity index (χ4v) is 2.91. The molecule has 2 aliphatic rings. The Labute approximate surface area is 163 Å². The largest absolute Gasteiger partial charge is 0.379 e. The van der Waals surface area contributed by atoms with Crippen molar-refractivity contribution < 1.29 is 22.8 Å². The molecule has 10 heteroatoms. The van der Waals surface area contributed by atoms with Crippen LogP contribution in [0.2, 0.25) is 0 Å². The summed E-state index contributed by atoms with van der Waals surface area (Å²) in [4.78, 5) is 30.4. The molecule has 3 rings (SSSR count). The Balaban J connectivity index is 0.000000329. The molecule has 3 heterocycles. The number of alkyl halides is 3. The molecule has 7 nitrogen and oxygen atoms in total. The predicted molar refractivity (Wildman–Crippen MR) is 103 cm³/mol. The van der Waals surface area contributed by atoms with Gasteiger partial charge in [0.2, 0.25) is 6.41 Å². The molecule has 2 aliphatic heterocycles. The van der Waals surface area contributed by atoms with Gasteiger partial charge in [-0.05, 0) is 39.3 Å². The second kappa shape index (κ2) is 11.4. The van der Waals surface area contributed by atoms with Gasteiger partial charge >= 0.3 is 6.68 Å². The lowest BCUT2D eigenvalue weighted by Crippen LogP contribution is -2.40. The van der Waals surface area contributed by atoms with Crippen molar-refractivity contribution in [1.29, 1.82) is 0 Å². The van der Waals surface area contributed by atoms with Crippen molar-refractivity contribution in [2.75, 3.05) is 36.5 Å². The molecule has 1 aromatic rings. The van der Waals surface area contributed by atoms with Crippen LogP contribution in [-0.4, -0.2) is 62.7 Å². The number of carbonyl (C=O) groups is 2. The summed E-state index contributed by atoms with van der Waals surface area (Å²) >= 11 is 0. The van der Waals surface area contributed by atoms with Gasteiger partial charge in [-0.3, -0.25) is 9.59 Å². The number of fused-ring (bicyclic) bond motifs is 4. The van der Waals surface area contributed by atoms with Crippen LogP contribution in [0.15, 0.2) is 12.1 Å². The van der Waals surface area contributed by atoms with Gasteiger partial charge in [0.15, 0.2) is 5.82 Å². The average Bonchev–Trinajstić information content (AvgIpc) is 3.06. The summed E-state index contributed by atoms with van der Waals surface area (Å²) in [7, 11) is 2.07. The minimum Gasteiger partial charge on any atom is -0.366 e. The van der Waals surface area contributed by atoms with E-state index in [1.165, 1.54) is 6.42 Å². The lowest BCUT2D eigenvalue weighted by molar-refractivity contribution is -0.109. The Morgan fingerprint density at radius 2 is 2.00 bits per heavy atom. The maximum Gasteiger partial charge on any atom is 0.379 e. The molecule has 158 valence electrons. The predicted octanol–water partition coefficient (Wildman–Crippen LogP) is 2.18. The summed E-state index contributed by atoms with van der Waals surface area (Å²) in [5.74, 6) is 0.842. The zero-order chi connectivity index (χ0) is 21.3. The quantitative estimate of drug-likeness (QED) is 0.754. The van der Waals surface area contributed by atoms with Crippen LogP contribution in [0.4, 0.5) is 24.7 Å². The lowest BCUT2D eigenvalue weighted by atomic mass is 10.2. The van der Waals surface area contributed by atoms with Crippen molar-refractivity contribution in [2.45, 2.75) is 46.0 Å². The van der Waals surface area contributed by atoms with E-state index in [2.05, 4.69) is 32.5 Å². The molecular weight excluding hydrogens is 375 g/mol. The topological polar surface area (TPSA) is 77.6 Å². The van der Waals surface area contributed by atoms with Gasteiger partial charge in [-0.25, -0.2) is 4.98 Å². The SMILES string of the molecule is CC(C)NC=O.CCNC(=O)c1ccc2c(n1)N(C)C1CCN2C1.FC(F)F. The van der Waals surface area contributed by atoms with E-state index in [0.717, 1.165) is 24.6 Å². The maximum atomic E-state index is 11.8. The maximum absolute atomic E-state index is 11.8. The molecule has 1 fully saturated rings. The van der Waals surface area contributed by atoms with Gasteiger partial charge in [-0.1, -0.05) is 0 Å². The number of hydrogen-bond acceptors (Lipinski definition) is 5. The van der Waals surface area contributed by atoms with Gasteiger partial charge in [-0.15, -0.1) is 0 Å². The molecule has 1 saturated heterocycles. The van der Waals surface area contributed by atoms with Crippen LogP contribution >= 0.6 is 0 Å². The summed E-state index contributed by atoms with van der Waals surface area (Å²) in [6.07, 6.45) is 1.87. The van der Waals surface area contributed by atoms with Crippen LogP contribution in [-0.2, 0) is 4.79 Å². The van der Waals surface area contributed by atoms with Crippen molar-refractivity contribution in [1.82, 2.24) is 15.6 Å². The van der Waals surface area contributed by atoms with Crippen LogP contribution in [0, 0.1) is 0 Å². The molecule has 28 heavy (non-hydrogen) atoms. The lowest BCUT2D eigenvalue weighted by Gasteiger charge is -2.34. The third-order valence-corrected chi connectivity index (χ3v) is 4.21. The Kier molecular flexibility index (Phi) is 9.54. The molecule has 0 radical (unpaired) electrons. The third-order valence-electron chi connectivity index (χ3n) is 4.21. The molecule has 2 amide bonds. The molecule has 0 aromatic carbocycles. The number of aromatic nitrogens is 1. The third kappa shape index (κ3) is 6.90. The minimum absolute atomic E-state index is 0.0957. The summed E-state index contributed by atoms with van der Waals surface area (Å²) < 4.78 is 29.0. The number of anilines is 2. The zero-order valence-corrected chi connectivity index (χ0v) is 16.6. The van der Waals surface area contributed by atoms with E-state index in [1.54, 1.807) is 0 Å². The highest BCUT2D eigenvalue weighted by molar-refractivity contribution is 5.93. The van der Waals surface area contributed by atoms with E-state index in [9.17, 15) is 22.8 Å². The van der Waals surface area contributed by atoms with Gasteiger partial charge in [-0.2, -0.15) is 13.2 Å². The molecule has 0 spiro atoms. The highest BCUT2D eigenvalue weighted by atomic mass is 19.4. The van der Waals surface area contributed by atoms with Gasteiger partial charge in [0, 0.05) is 38.8 Å². The second-order valence-electron chi connectivity index (χ2n) is 6.58. The second-order valence-corrected chi connectivity index (χ2v) is 6.58. The Bertz CT molecular complexity index is 643. The molecule has 2 bridgehead atoms. The normalized spacial score (nSPS) is 16.5. The van der Waals surface area contributed by atoms with Crippen LogP contribution in [0.3, 0.4) is 0 Å². The number of halogens is 3. The molecule has 1 aromatic heterocycles. The van der Waals surface area contributed by atoms with Crippen molar-refractivity contribution in [3.63, 3.8) is 0 Å². The number of hydrogen-bond donors (Lipinski definition) is 2. The number of nitrogens with one attached hydrogen (secondary N) is 2. The standard InChI is InChI=1S/C13H18N4O.C4H9NO.CHF3/c1-3-14-13(18)10-4-5-11-12(15-10)16(2)9-6-7-17(11)8-9;1-4(2)5-3-6;2-1(3)4/h4-5,9H,3,6-8H2,1-2H3,(H,14,18);3-4H,1-2H3,(H,5,6);1H. The first-order valence-corrected chi connectivity index (χ1v) is 9.10. The van der Waals surface area contributed by atoms with E-state index in [1.807, 2.05) is 32.9 Å². The molecule has 0 saturated carbocycles. The highest BCUT2D eigenvalue weighted by Crippen LogP contribution is 2.37. The number of nitrogens with zero attached hydrogens (tertiary/aromatic N) is 3. The number of carbonyl (C=O) groups excluding carboxylic acids is 2. The Morgan fingerprint density at radius 3 is 2.50 bits per heavy atom. The number of rotatable bonds is 4. The summed E-state index contributed by atoms with van der Waals surface area (Å²) in [6, 6.07) is 4.65. The number of likely N-dealkylation sites (N-methyl/N-ethyl adjacent to an activating group) is 1. The molecule has 1 atom stereocenters. The van der Waals surface area contributed by atoms with Crippen molar-refractivity contribution in [3.05, 3.63) is 17.8 Å². The summed E-state index contributed by atoms with van der Waals surface area (Å²) in [5.41, 5.74) is 1.66. The van der Waals surface area contributed by atoms with Gasteiger partial charge in [0.25, 0.3) is 5.91 Å². The first-order valence-electron chi connectivity index (χ1n) is 9.10. The highest BCUT2D eigenvalue weighted by Gasteiger charge is 2.35. The van der Waals surface area contributed by atoms with Gasteiger partial charge in [0.1, 0.15) is 5.69 Å². The van der Waals surface area contributed by atoms with Gasteiger partial charge < -0.3 is 20.4 Å². The van der Waals surface area contributed by atoms with E-state index in [0.29, 0.717) is 24.7 Å². The van der Waals surface area contributed by atoms with Gasteiger partial charge in [0.05, 0.1) is 5.69 Å². The van der Waals surface area contributed by atoms with Crippen molar-refractivity contribution in [3.8, 4) is 0 Å². The smallest absolute Gasteiger partial charge is 0.366 e. The fourth-order valence-electron chi connectivity index (χ4n) is 2.91. The number of amides is 2. The summed E-state index contributed by atoms with van der Waals surface area (Å²) in [6.45, 7) is 4.86. The van der Waals surface area contributed by atoms with Crippen LogP contribution in [0.25, 0.3) is 0 Å². The van der Waals surface area contributed by atoms with Crippen molar-refractivity contribution >= 4 is 23.8 Å². The van der Waals surface area contributed by atoms with E-state index in [-0.39, 0.29) is 11.9 Å². The van der Waals surface area contributed by atoms with E-state index < -0.39 is 6.68 Å². The Hall–Kier alpha value is -2.52. The van der Waals surface area contributed by atoms with Crippen LogP contribution in [0.1, 0.15) is 37.7 Å². The van der Waals surface area contributed by atoms with Crippen molar-refractivity contribution in [2.24, 2.45) is 0 Å². The monoisotopic (exact) mass is 403 g/mol. The van der Waals surface area contributed by atoms with E-state index >= 15 is 0 Å². The Morgan fingerprint density at radius 1 is 1.36 bits per heavy atom. The van der Waals surface area contributed by atoms with Crippen LogP contribution < -0.4 is 20.4 Å². The summed E-state index contributed by atoms with van der Waals surface area (Å²) in [5, 5.41) is 5.32. The molecular formula is C18H28F3N5O2. The van der Waals surface area contributed by atoms with E-state index in [4.69, 9.17) is 0 Å². The molecule has 2 N–H and O–H groups in total.